The van der Waals surface area contributed by atoms with Gasteiger partial charge >= 0.3 is 11.9 Å². The van der Waals surface area contributed by atoms with E-state index >= 15 is 4.39 Å². The Bertz CT molecular complexity index is 6790. The summed E-state index contributed by atoms with van der Waals surface area (Å²) in [4.78, 5) is 72.8. The van der Waals surface area contributed by atoms with Crippen molar-refractivity contribution in [1.29, 1.82) is 0 Å². The van der Waals surface area contributed by atoms with E-state index in [1.165, 1.54) is 148 Å². The summed E-state index contributed by atoms with van der Waals surface area (Å²) in [5.74, 6) is -9.77. The smallest absolute Gasteiger partial charge is 0.358 e. The summed E-state index contributed by atoms with van der Waals surface area (Å²) in [7, 11) is 1.94. The first-order chi connectivity index (χ1) is 81.5. The van der Waals surface area contributed by atoms with Crippen LogP contribution in [0.25, 0.3) is 0 Å². The largest absolute Gasteiger partial charge is 0.497 e. The molecule has 5 aromatic heterocycles. The van der Waals surface area contributed by atoms with Gasteiger partial charge in [-0.05, 0) is 210 Å². The van der Waals surface area contributed by atoms with Crippen LogP contribution in [-0.2, 0) is 91.8 Å². The minimum atomic E-state index is -4.78. The molecule has 4 atom stereocenters. The maximum absolute atomic E-state index is 15.5. The number of halogens is 11. The summed E-state index contributed by atoms with van der Waals surface area (Å²) < 4.78 is 394. The molecule has 142 heavy (non-hydrogen) atoms. The van der Waals surface area contributed by atoms with Crippen LogP contribution in [0, 0.1) is 91.9 Å². The van der Waals surface area contributed by atoms with Crippen molar-refractivity contribution >= 4 is 98.2 Å². The maximum Gasteiger partial charge on any atom is 0.358 e. The minimum Gasteiger partial charge on any atom is -0.497 e. The second-order valence-electron chi connectivity index (χ2n) is 33.6. The number of likely N-dealkylation sites (tertiary alicyclic amines) is 2. The topological polar surface area (TPSA) is 400 Å². The average molecular weight is 2130 g/mol. The molecule has 798 valence electrons. The molecule has 7 heterocycles. The number of allylic oxidation sites excluding steroid dienone is 3. The second kappa shape index (κ2) is 49.5. The number of nitrogens with two attached hydrogens (primary N) is 1. The molecule has 4 unspecified atom stereocenters. The van der Waals surface area contributed by atoms with Crippen molar-refractivity contribution in [1.82, 2.24) is 37.4 Å². The number of aliphatic hydroxyl groups excluding tert-OH is 1. The molecule has 2 saturated heterocycles. The van der Waals surface area contributed by atoms with E-state index < -0.39 is 160 Å². The molecule has 0 bridgehead atoms. The number of ether oxygens (including phenoxy) is 4. The number of benzene rings is 6. The molecule has 2 aliphatic heterocycles. The van der Waals surface area contributed by atoms with Crippen LogP contribution >= 0.6 is 10.7 Å². The number of amides is 4. The standard InChI is InChI=1S/C27H32F2N4O5S.C15H24N2O.C13H11ClF2N2O3S.C13H12F2N2O4S.C13H12F2N2O.C8H10FNO2.C8H9FO2.16H2/c1-17-11-20(7-10-22(17)28)30-26(35)25-24(29)23(14-32(25)3)39(36,37)31-27(2)16-33(13-19(27)15-34)12-18-5-8-21(38-4)9-6-18;1-4-13-10-17(11-15(13,2)16)9-12-5-7-14(18-3)8-6-12;1-7-5-8(3-4-9(7)15)17-13(19)12-11(16)10(6-18(12)2)22(14,20)21;1-7-5-8(3-4-9(7)14)16-13(18)12-11(15)10(6-17(12)2)22(19,20)21;1-8-7-9(3-4-10(8)14)16-13(18)12-11(15)5-6-17(12)2;1-3-12-8(11)7-6(9)4-5-10(7)2;1-2-11-8(10)6-4-3-5-7(6)9;;;;;;;;;;;;;;;;/h5-11,14,19,31,34H,12-13,15-16H2,1-4H3,(H,30,35);5-8,13H,4,9-11,16H2,1-3H3;3-6H,1-2H3,(H,17,19);3-6H,1-2H3,(H,16,18)(H,19,20,21);3-7H,1-2H3,(H,16,18);4-5H,3H2,1-2H3;3,5H,2,4H2,1H3;16*1H/i;;;;;;;15*1+1D;1+1. The van der Waals surface area contributed by atoms with E-state index in [0.717, 1.165) is 87.5 Å². The Labute approximate surface area is 867 Å². The van der Waals surface area contributed by atoms with E-state index in [0.29, 0.717) is 42.2 Å². The average Bonchev–Trinajstić information content (AvgIpc) is 1.59. The Morgan fingerprint density at radius 3 is 1.15 bits per heavy atom. The van der Waals surface area contributed by atoms with Crippen LogP contribution in [0.5, 0.6) is 11.5 Å². The summed E-state index contributed by atoms with van der Waals surface area (Å²) in [5.41, 5.74) is 8.43. The van der Waals surface area contributed by atoms with Gasteiger partial charge in [0, 0.05) is 215 Å². The van der Waals surface area contributed by atoms with Gasteiger partial charge in [-0.25, -0.2) is 75.1 Å². The molecule has 0 spiro atoms. The number of rotatable bonds is 25. The van der Waals surface area contributed by atoms with E-state index in [4.69, 9.17) is 75.0 Å². The number of aromatic nitrogens is 5. The van der Waals surface area contributed by atoms with Crippen molar-refractivity contribution < 1.29 is 173 Å². The summed E-state index contributed by atoms with van der Waals surface area (Å²) in [6.07, 6.45) is 10.0. The highest BCUT2D eigenvalue weighted by atomic mass is 35.7. The molecule has 6 aromatic carbocycles. The Morgan fingerprint density at radius 2 is 0.831 bits per heavy atom. The van der Waals surface area contributed by atoms with Gasteiger partial charge in [0.05, 0.1) is 33.0 Å². The van der Waals surface area contributed by atoms with Crippen LogP contribution in [0.1, 0.15) is 179 Å². The van der Waals surface area contributed by atoms with E-state index in [2.05, 4.69) is 66.3 Å². The van der Waals surface area contributed by atoms with Crippen molar-refractivity contribution in [2.75, 3.05) is 81.5 Å². The maximum atomic E-state index is 15.5. The fourth-order valence-corrected chi connectivity index (χ4v) is 18.3. The molecule has 2 fully saturated rings. The van der Waals surface area contributed by atoms with Gasteiger partial charge in [0.15, 0.2) is 34.8 Å². The van der Waals surface area contributed by atoms with Gasteiger partial charge in [-0.2, -0.15) is 8.42 Å². The van der Waals surface area contributed by atoms with Gasteiger partial charge < -0.3 is 73.9 Å². The quantitative estimate of drug-likeness (QED) is 0.0114. The first-order valence-electron chi connectivity index (χ1n) is 58.5. The van der Waals surface area contributed by atoms with Gasteiger partial charge in [-0.1, -0.05) is 43.7 Å². The number of sulfonamides is 1. The van der Waals surface area contributed by atoms with Gasteiger partial charge in [-0.3, -0.25) is 33.5 Å². The highest BCUT2D eigenvalue weighted by Crippen LogP contribution is 2.35. The molecule has 4 amide bonds. The highest BCUT2D eigenvalue weighted by molar-refractivity contribution is 8.13. The molecule has 1 aliphatic carbocycles. The highest BCUT2D eigenvalue weighted by Gasteiger charge is 2.47. The van der Waals surface area contributed by atoms with E-state index in [1.54, 1.807) is 62.1 Å². The van der Waals surface area contributed by atoms with Crippen molar-refractivity contribution in [3.05, 3.63) is 302 Å². The van der Waals surface area contributed by atoms with Gasteiger partial charge in [0.1, 0.15) is 78.1 Å². The number of nitrogens with one attached hydrogen (secondary N) is 5. The monoisotopic (exact) mass is 2130 g/mol. The zero-order chi connectivity index (χ0) is 136. The number of hydrogen-bond acceptors (Lipinski definition) is 20. The molecule has 9 N–H and O–H groups in total. The molecule has 45 heteroatoms. The number of anilines is 4. The van der Waals surface area contributed by atoms with Crippen LogP contribution in [0.15, 0.2) is 203 Å². The zero-order valence-corrected chi connectivity index (χ0v) is 83.4. The van der Waals surface area contributed by atoms with E-state index in [-0.39, 0.29) is 84.3 Å². The second-order valence-corrected chi connectivity index (χ2v) is 39.1. The third-order valence-corrected chi connectivity index (χ3v) is 26.4. The number of aryl methyl sites for hydroxylation is 9. The Hall–Kier alpha value is -13.2. The summed E-state index contributed by atoms with van der Waals surface area (Å²) in [6, 6.07) is 33.9. The Balaban J connectivity index is -0.000000256. The summed E-state index contributed by atoms with van der Waals surface area (Å²) in [6.45, 7) is 20.1. The first-order valence-corrected chi connectivity index (χ1v) is 48.7. The fourth-order valence-electron chi connectivity index (χ4n) is 15.2. The van der Waals surface area contributed by atoms with Crippen molar-refractivity contribution in [3.63, 3.8) is 0 Å². The predicted molar refractivity (Wildman–Crippen MR) is 547 cm³/mol. The molecular formula is C97H142ClF10N13O18S3. The van der Waals surface area contributed by atoms with Crippen molar-refractivity contribution in [2.45, 2.75) is 114 Å². The third-order valence-electron chi connectivity index (χ3n) is 22.6. The lowest BCUT2D eigenvalue weighted by Crippen LogP contribution is -2.52. The van der Waals surface area contributed by atoms with Crippen LogP contribution < -0.4 is 41.2 Å². The molecular weight excluding hydrogens is 1960 g/mol. The molecule has 3 aliphatic rings. The van der Waals surface area contributed by atoms with Crippen molar-refractivity contribution in [2.24, 2.45) is 52.8 Å². The first kappa shape index (κ1) is 92.5. The number of hydrogen-bond donors (Lipinski definition) is 8. The summed E-state index contributed by atoms with van der Waals surface area (Å²) in [5, 5.41) is 19.7. The molecule has 31 nitrogen and oxygen atoms in total. The SMILES string of the molecule is CCC1CN(Cc2ccc(OC)cc2)CC1(C)N.CCOC(=O)C1=C(F)C=CC1.CCOC(=O)c1c(F)ccn1C.COc1ccc(CN2CC(CO)C(C)(NS(=O)(=O)c3cn(C)c(C(=O)Nc4ccc(F)c(C)c4)c3F)C2)cc1.Cc1cc(NC(=O)c2c(F)c(S(=O)(=O)Cl)cn2C)ccc1F.Cc1cc(NC(=O)c2c(F)c(S(=O)(=O)O)cn2C)ccc1F.Cc1cc(NC(=O)c2c(F)ccn2C)ccc1F.[2HH].[2H][2H].[2H][2H].[2H][2H].[2H][2H].[2H][2H].[2H][2H].[2H][2H].[2H][2H].[2H][2H].[2H][2H].[2H][2H].[2H][2H].[2H][2H].[2H][2H].[2H][2H]. The van der Waals surface area contributed by atoms with E-state index in [9.17, 15) is 98.6 Å². The third kappa shape index (κ3) is 30.0. The molecule has 0 saturated carbocycles. The lowest BCUT2D eigenvalue weighted by molar-refractivity contribution is -0.138. The molecule has 11 aromatic rings. The molecule has 0 radical (unpaired) electrons. The summed E-state index contributed by atoms with van der Waals surface area (Å²) >= 11 is 0. The van der Waals surface area contributed by atoms with Crippen LogP contribution in [0.3, 0.4) is 0 Å². The van der Waals surface area contributed by atoms with Crippen molar-refractivity contribution in [3.8, 4) is 11.5 Å². The van der Waals surface area contributed by atoms with Gasteiger partial charge in [0.25, 0.3) is 42.8 Å². The normalized spacial score (nSPS) is 16.9. The Morgan fingerprint density at radius 1 is 0.479 bits per heavy atom. The van der Waals surface area contributed by atoms with Crippen LogP contribution in [-0.4, -0.2) is 174 Å². The van der Waals surface area contributed by atoms with Crippen LogP contribution in [0.4, 0.5) is 66.7 Å². The van der Waals surface area contributed by atoms with E-state index in [1.807, 2.05) is 41.3 Å². The number of nitrogens with zero attached hydrogens (tertiary/aromatic N) is 7. The Kier molecular flexibility index (Phi) is 32.2. The van der Waals surface area contributed by atoms with Gasteiger partial charge in [-0.15, -0.1) is 0 Å². The number of carbonyl (C=O) groups excluding carboxylic acids is 6. The predicted octanol–water partition coefficient (Wildman–Crippen LogP) is 20.1. The lowest BCUT2D eigenvalue weighted by atomic mass is 9.88. The molecule has 14 rings (SSSR count). The fraction of sp³-hybridized carbons (Fsp3) is 0.320. The number of aliphatic hydroxyl groups is 1. The minimum absolute atomic E-state index is 0. The number of carbonyl (C=O) groups is 6. The van der Waals surface area contributed by atoms with Gasteiger partial charge in [0.2, 0.25) is 10.0 Å². The number of esters is 2. The zero-order valence-electron chi connectivity index (χ0n) is 110. The number of methoxy groups -OCH3 is 2. The lowest BCUT2D eigenvalue weighted by Gasteiger charge is -2.30. The van der Waals surface area contributed by atoms with Crippen LogP contribution in [0.2, 0.25) is 0 Å².